The first-order valence-electron chi connectivity index (χ1n) is 4.90. The van der Waals surface area contributed by atoms with E-state index in [1.165, 1.54) is 5.56 Å². The van der Waals surface area contributed by atoms with Crippen molar-refractivity contribution in [1.82, 2.24) is 0 Å². The minimum Gasteiger partial charge on any atom is -0.294 e. The molecule has 0 aliphatic heterocycles. The van der Waals surface area contributed by atoms with E-state index in [1.807, 2.05) is 12.1 Å². The highest BCUT2D eigenvalue weighted by Crippen LogP contribution is 2.07. The normalized spacial score (nSPS) is 9.86. The zero-order chi connectivity index (χ0) is 10.6. The standard InChI is InChI=1S/C13H16O/c1-4-11-5-7-12(8-6-11)9-13(14)10(2)3/h5-8H,2,4,9H2,1,3H3. The number of hydrogen-bond donors (Lipinski definition) is 0. The molecule has 1 rings (SSSR count). The Balaban J connectivity index is 2.69. The number of allylic oxidation sites excluding steroid dienone is 1. The first kappa shape index (κ1) is 10.7. The number of hydrogen-bond acceptors (Lipinski definition) is 1. The third-order valence-electron chi connectivity index (χ3n) is 2.27. The summed E-state index contributed by atoms with van der Waals surface area (Å²) in [6.07, 6.45) is 1.51. The molecule has 1 aromatic rings. The second-order valence-corrected chi connectivity index (χ2v) is 3.55. The van der Waals surface area contributed by atoms with Crippen LogP contribution >= 0.6 is 0 Å². The minimum absolute atomic E-state index is 0.120. The predicted octanol–water partition coefficient (Wildman–Crippen LogP) is 2.94. The Morgan fingerprint density at radius 1 is 1.21 bits per heavy atom. The molecule has 0 radical (unpaired) electrons. The van der Waals surface area contributed by atoms with Gasteiger partial charge in [-0.15, -0.1) is 0 Å². The van der Waals surface area contributed by atoms with E-state index in [2.05, 4.69) is 25.6 Å². The van der Waals surface area contributed by atoms with Crippen molar-refractivity contribution in [2.24, 2.45) is 0 Å². The molecule has 0 N–H and O–H groups in total. The molecule has 0 aromatic heterocycles. The molecule has 0 spiro atoms. The third kappa shape index (κ3) is 2.84. The number of aryl methyl sites for hydroxylation is 1. The molecule has 0 saturated carbocycles. The van der Waals surface area contributed by atoms with Crippen molar-refractivity contribution in [1.29, 1.82) is 0 Å². The Kier molecular flexibility index (Phi) is 3.63. The monoisotopic (exact) mass is 188 g/mol. The van der Waals surface area contributed by atoms with Gasteiger partial charge in [-0.05, 0) is 30.0 Å². The Morgan fingerprint density at radius 3 is 2.14 bits per heavy atom. The maximum atomic E-state index is 11.4. The summed E-state index contributed by atoms with van der Waals surface area (Å²) in [6.45, 7) is 7.51. The molecule has 1 aromatic carbocycles. The van der Waals surface area contributed by atoms with Crippen LogP contribution in [0.15, 0.2) is 36.4 Å². The van der Waals surface area contributed by atoms with Crippen molar-refractivity contribution in [2.45, 2.75) is 26.7 Å². The summed E-state index contributed by atoms with van der Waals surface area (Å²) in [6, 6.07) is 8.17. The number of carbonyl (C=O) groups is 1. The van der Waals surface area contributed by atoms with Crippen molar-refractivity contribution >= 4 is 5.78 Å². The largest absolute Gasteiger partial charge is 0.294 e. The molecule has 1 heteroatoms. The van der Waals surface area contributed by atoms with Gasteiger partial charge in [0.05, 0.1) is 0 Å². The molecule has 0 aliphatic rings. The van der Waals surface area contributed by atoms with E-state index in [-0.39, 0.29) is 5.78 Å². The van der Waals surface area contributed by atoms with Gasteiger partial charge in [-0.1, -0.05) is 37.8 Å². The van der Waals surface area contributed by atoms with Gasteiger partial charge < -0.3 is 0 Å². The second-order valence-electron chi connectivity index (χ2n) is 3.55. The first-order chi connectivity index (χ1) is 6.63. The quantitative estimate of drug-likeness (QED) is 0.664. The van der Waals surface area contributed by atoms with E-state index in [0.29, 0.717) is 12.0 Å². The zero-order valence-corrected chi connectivity index (χ0v) is 8.84. The highest BCUT2D eigenvalue weighted by atomic mass is 16.1. The fraction of sp³-hybridized carbons (Fsp3) is 0.308. The predicted molar refractivity (Wildman–Crippen MR) is 59.3 cm³/mol. The SMILES string of the molecule is C=C(C)C(=O)Cc1ccc(CC)cc1. The molecular formula is C13H16O. The van der Waals surface area contributed by atoms with E-state index < -0.39 is 0 Å². The molecule has 74 valence electrons. The van der Waals surface area contributed by atoms with Crippen LogP contribution in [0.1, 0.15) is 25.0 Å². The van der Waals surface area contributed by atoms with E-state index in [1.54, 1.807) is 6.92 Å². The molecule has 1 nitrogen and oxygen atoms in total. The van der Waals surface area contributed by atoms with Crippen LogP contribution in [0.5, 0.6) is 0 Å². The van der Waals surface area contributed by atoms with Crippen molar-refractivity contribution in [3.05, 3.63) is 47.5 Å². The van der Waals surface area contributed by atoms with Gasteiger partial charge in [-0.2, -0.15) is 0 Å². The molecule has 0 bridgehead atoms. The summed E-state index contributed by atoms with van der Waals surface area (Å²) in [5.74, 6) is 0.120. The lowest BCUT2D eigenvalue weighted by Crippen LogP contribution is -2.02. The van der Waals surface area contributed by atoms with Gasteiger partial charge in [-0.3, -0.25) is 4.79 Å². The molecule has 0 fully saturated rings. The fourth-order valence-corrected chi connectivity index (χ4v) is 1.23. The molecule has 0 amide bonds. The van der Waals surface area contributed by atoms with Crippen LogP contribution in [0, 0.1) is 0 Å². The topological polar surface area (TPSA) is 17.1 Å². The number of ketones is 1. The van der Waals surface area contributed by atoms with Crippen molar-refractivity contribution < 1.29 is 4.79 Å². The summed E-state index contributed by atoms with van der Waals surface area (Å²) < 4.78 is 0. The molecule has 0 aliphatic carbocycles. The molecule has 0 heterocycles. The fourth-order valence-electron chi connectivity index (χ4n) is 1.23. The highest BCUT2D eigenvalue weighted by molar-refractivity contribution is 5.95. The van der Waals surface area contributed by atoms with E-state index in [9.17, 15) is 4.79 Å². The summed E-state index contributed by atoms with van der Waals surface area (Å²) in [4.78, 5) is 11.4. The van der Waals surface area contributed by atoms with Crippen molar-refractivity contribution in [3.63, 3.8) is 0 Å². The average Bonchev–Trinajstić information content (AvgIpc) is 2.19. The Morgan fingerprint density at radius 2 is 1.71 bits per heavy atom. The summed E-state index contributed by atoms with van der Waals surface area (Å²) in [5, 5.41) is 0. The van der Waals surface area contributed by atoms with Crippen LogP contribution in [0.3, 0.4) is 0 Å². The number of Topliss-reactive ketones (excluding diaryl/α,β-unsaturated/α-hetero) is 1. The van der Waals surface area contributed by atoms with Gasteiger partial charge in [0.15, 0.2) is 5.78 Å². The summed E-state index contributed by atoms with van der Waals surface area (Å²) in [5.41, 5.74) is 3.00. The third-order valence-corrected chi connectivity index (χ3v) is 2.27. The van der Waals surface area contributed by atoms with Gasteiger partial charge >= 0.3 is 0 Å². The first-order valence-corrected chi connectivity index (χ1v) is 4.90. The van der Waals surface area contributed by atoms with Crippen molar-refractivity contribution in [2.75, 3.05) is 0 Å². The van der Waals surface area contributed by atoms with Crippen LogP contribution in [0.25, 0.3) is 0 Å². The van der Waals surface area contributed by atoms with Crippen molar-refractivity contribution in [3.8, 4) is 0 Å². The van der Waals surface area contributed by atoms with Gasteiger partial charge in [-0.25, -0.2) is 0 Å². The lowest BCUT2D eigenvalue weighted by molar-refractivity contribution is -0.114. The minimum atomic E-state index is 0.120. The van der Waals surface area contributed by atoms with Gasteiger partial charge in [0.25, 0.3) is 0 Å². The maximum Gasteiger partial charge on any atom is 0.162 e. The molecular weight excluding hydrogens is 172 g/mol. The van der Waals surface area contributed by atoms with Crippen LogP contribution in [-0.2, 0) is 17.6 Å². The Bertz CT molecular complexity index is 333. The number of benzene rings is 1. The Labute approximate surface area is 85.5 Å². The van der Waals surface area contributed by atoms with Crippen LogP contribution in [0.4, 0.5) is 0 Å². The van der Waals surface area contributed by atoms with Gasteiger partial charge in [0.1, 0.15) is 0 Å². The van der Waals surface area contributed by atoms with Gasteiger partial charge in [0.2, 0.25) is 0 Å². The second kappa shape index (κ2) is 4.75. The van der Waals surface area contributed by atoms with Crippen LogP contribution in [0.2, 0.25) is 0 Å². The number of carbonyl (C=O) groups excluding carboxylic acids is 1. The number of rotatable bonds is 4. The van der Waals surface area contributed by atoms with E-state index in [4.69, 9.17) is 0 Å². The average molecular weight is 188 g/mol. The van der Waals surface area contributed by atoms with Crippen LogP contribution in [-0.4, -0.2) is 5.78 Å². The molecule has 0 atom stereocenters. The smallest absolute Gasteiger partial charge is 0.162 e. The zero-order valence-electron chi connectivity index (χ0n) is 8.84. The lowest BCUT2D eigenvalue weighted by Gasteiger charge is -2.01. The summed E-state index contributed by atoms with van der Waals surface area (Å²) >= 11 is 0. The molecule has 14 heavy (non-hydrogen) atoms. The highest BCUT2D eigenvalue weighted by Gasteiger charge is 2.03. The van der Waals surface area contributed by atoms with E-state index >= 15 is 0 Å². The van der Waals surface area contributed by atoms with Crippen LogP contribution < -0.4 is 0 Å². The molecule has 0 unspecified atom stereocenters. The lowest BCUT2D eigenvalue weighted by atomic mass is 10.0. The Hall–Kier alpha value is -1.37. The van der Waals surface area contributed by atoms with Gasteiger partial charge in [0, 0.05) is 6.42 Å². The maximum absolute atomic E-state index is 11.4. The molecule has 0 saturated heterocycles. The summed E-state index contributed by atoms with van der Waals surface area (Å²) in [7, 11) is 0. The van der Waals surface area contributed by atoms with E-state index in [0.717, 1.165) is 12.0 Å².